The van der Waals surface area contributed by atoms with Gasteiger partial charge in [-0.25, -0.2) is 9.78 Å². The number of carbonyl (C=O) groups is 2. The third-order valence-corrected chi connectivity index (χ3v) is 4.24. The fourth-order valence-corrected chi connectivity index (χ4v) is 2.61. The van der Waals surface area contributed by atoms with Crippen molar-refractivity contribution in [1.82, 2.24) is 14.9 Å². The molecule has 1 aliphatic carbocycles. The number of carboxylic acids is 1. The lowest BCUT2D eigenvalue weighted by Gasteiger charge is -2.20. The maximum absolute atomic E-state index is 12.3. The quantitative estimate of drug-likeness (QED) is 0.747. The smallest absolute Gasteiger partial charge is 0.326 e. The van der Waals surface area contributed by atoms with Crippen LogP contribution < -0.4 is 5.32 Å². The third-order valence-electron chi connectivity index (χ3n) is 3.59. The van der Waals surface area contributed by atoms with Crippen LogP contribution in [0.4, 0.5) is 0 Å². The number of carboxylic acid groups (broad SMARTS) is 1. The number of hydrogen-bond acceptors (Lipinski definition) is 4. The number of nitrogens with zero attached hydrogens (tertiary/aromatic N) is 2. The fraction of sp³-hybridized carbons (Fsp3) is 0.615. The van der Waals surface area contributed by atoms with E-state index in [4.69, 9.17) is 5.11 Å². The number of aliphatic carboxylic acids is 1. The van der Waals surface area contributed by atoms with Gasteiger partial charge in [0.1, 0.15) is 6.04 Å². The minimum Gasteiger partial charge on any atom is -0.480 e. The molecule has 0 radical (unpaired) electrons. The maximum Gasteiger partial charge on any atom is 0.326 e. The second-order valence-corrected chi connectivity index (χ2v) is 6.15. The first kappa shape index (κ1) is 14.9. The normalized spacial score (nSPS) is 17.4. The number of rotatable bonds is 8. The SMILES string of the molecule is CSCCC(NC(=O)C1(Cn2ccnc2)CC1)C(=O)O. The average molecular weight is 297 g/mol. The summed E-state index contributed by atoms with van der Waals surface area (Å²) in [5, 5.41) is 11.8. The molecule has 1 unspecified atom stereocenters. The van der Waals surface area contributed by atoms with Crippen molar-refractivity contribution in [3.63, 3.8) is 0 Å². The highest BCUT2D eigenvalue weighted by Gasteiger charge is 2.50. The summed E-state index contributed by atoms with van der Waals surface area (Å²) in [6.45, 7) is 0.563. The lowest BCUT2D eigenvalue weighted by Crippen LogP contribution is -2.45. The molecule has 1 heterocycles. The molecule has 7 heteroatoms. The average Bonchev–Trinajstić information content (AvgIpc) is 3.01. The standard InChI is InChI=1S/C13H19N3O3S/c1-20-7-2-10(11(17)18)15-12(19)13(3-4-13)8-16-6-5-14-9-16/h5-6,9-10H,2-4,7-8H2,1H3,(H,15,19)(H,17,18). The van der Waals surface area contributed by atoms with E-state index in [1.807, 2.05) is 17.0 Å². The van der Waals surface area contributed by atoms with Gasteiger partial charge >= 0.3 is 5.97 Å². The highest BCUT2D eigenvalue weighted by Crippen LogP contribution is 2.47. The van der Waals surface area contributed by atoms with E-state index in [2.05, 4.69) is 10.3 Å². The van der Waals surface area contributed by atoms with Gasteiger partial charge in [0.25, 0.3) is 0 Å². The summed E-state index contributed by atoms with van der Waals surface area (Å²) in [6.07, 6.45) is 9.13. The molecule has 0 aliphatic heterocycles. The number of amides is 1. The van der Waals surface area contributed by atoms with Crippen molar-refractivity contribution in [2.24, 2.45) is 5.41 Å². The Morgan fingerprint density at radius 3 is 2.80 bits per heavy atom. The van der Waals surface area contributed by atoms with Crippen molar-refractivity contribution in [2.45, 2.75) is 31.8 Å². The van der Waals surface area contributed by atoms with Gasteiger partial charge in [0.2, 0.25) is 5.91 Å². The molecule has 2 N–H and O–H groups in total. The van der Waals surface area contributed by atoms with Gasteiger partial charge in [-0.15, -0.1) is 0 Å². The van der Waals surface area contributed by atoms with Crippen LogP contribution in [-0.4, -0.2) is 44.6 Å². The number of thioether (sulfide) groups is 1. The molecule has 0 spiro atoms. The molecule has 1 saturated carbocycles. The van der Waals surface area contributed by atoms with Crippen LogP contribution in [0.25, 0.3) is 0 Å². The first-order valence-electron chi connectivity index (χ1n) is 6.56. The Bertz CT molecular complexity index is 471. The molecular weight excluding hydrogens is 278 g/mol. The minimum absolute atomic E-state index is 0.153. The summed E-state index contributed by atoms with van der Waals surface area (Å²) in [5.74, 6) is -0.406. The van der Waals surface area contributed by atoms with Crippen LogP contribution in [0, 0.1) is 5.41 Å². The van der Waals surface area contributed by atoms with Crippen LogP contribution in [0.2, 0.25) is 0 Å². The van der Waals surface area contributed by atoms with Gasteiger partial charge in [-0.2, -0.15) is 11.8 Å². The van der Waals surface area contributed by atoms with Crippen LogP contribution in [0.5, 0.6) is 0 Å². The van der Waals surface area contributed by atoms with Crippen molar-refractivity contribution in [1.29, 1.82) is 0 Å². The fourth-order valence-electron chi connectivity index (χ4n) is 2.14. The Balaban J connectivity index is 1.94. The molecule has 6 nitrogen and oxygen atoms in total. The van der Waals surface area contributed by atoms with Crippen molar-refractivity contribution in [3.8, 4) is 0 Å². The van der Waals surface area contributed by atoms with Gasteiger partial charge in [-0.05, 0) is 31.3 Å². The van der Waals surface area contributed by atoms with Gasteiger partial charge in [0.15, 0.2) is 0 Å². The predicted octanol–water partition coefficient (Wildman–Crippen LogP) is 0.986. The summed E-state index contributed by atoms with van der Waals surface area (Å²) in [5.41, 5.74) is -0.451. The molecule has 1 fully saturated rings. The van der Waals surface area contributed by atoms with E-state index in [9.17, 15) is 9.59 Å². The Morgan fingerprint density at radius 2 is 2.30 bits per heavy atom. The number of carbonyl (C=O) groups excluding carboxylic acids is 1. The van der Waals surface area contributed by atoms with E-state index >= 15 is 0 Å². The Labute approximate surface area is 122 Å². The zero-order chi connectivity index (χ0) is 14.6. The van der Waals surface area contributed by atoms with Crippen LogP contribution in [-0.2, 0) is 16.1 Å². The molecule has 20 heavy (non-hydrogen) atoms. The van der Waals surface area contributed by atoms with Crippen molar-refractivity contribution < 1.29 is 14.7 Å². The summed E-state index contributed by atoms with van der Waals surface area (Å²) in [4.78, 5) is 27.4. The van der Waals surface area contributed by atoms with Crippen molar-refractivity contribution >= 4 is 23.6 Å². The Morgan fingerprint density at radius 1 is 1.55 bits per heavy atom. The lowest BCUT2D eigenvalue weighted by molar-refractivity contribution is -0.142. The monoisotopic (exact) mass is 297 g/mol. The molecule has 1 atom stereocenters. The van der Waals surface area contributed by atoms with Crippen molar-refractivity contribution in [2.75, 3.05) is 12.0 Å². The van der Waals surface area contributed by atoms with Crippen LogP contribution in [0.3, 0.4) is 0 Å². The van der Waals surface area contributed by atoms with Gasteiger partial charge < -0.3 is 15.0 Å². The molecule has 0 aromatic carbocycles. The van der Waals surface area contributed by atoms with Gasteiger partial charge in [-0.1, -0.05) is 0 Å². The molecule has 0 bridgehead atoms. The summed E-state index contributed by atoms with van der Waals surface area (Å²) < 4.78 is 1.87. The van der Waals surface area contributed by atoms with E-state index in [1.165, 1.54) is 0 Å². The molecule has 0 saturated heterocycles. The Kier molecular flexibility index (Phi) is 4.69. The van der Waals surface area contributed by atoms with E-state index in [1.54, 1.807) is 24.3 Å². The second kappa shape index (κ2) is 6.30. The van der Waals surface area contributed by atoms with E-state index in [-0.39, 0.29) is 5.91 Å². The Hall–Kier alpha value is -1.50. The van der Waals surface area contributed by atoms with E-state index < -0.39 is 17.4 Å². The second-order valence-electron chi connectivity index (χ2n) is 5.16. The summed E-state index contributed by atoms with van der Waals surface area (Å²) in [7, 11) is 0. The van der Waals surface area contributed by atoms with Gasteiger partial charge in [-0.3, -0.25) is 4.79 Å². The summed E-state index contributed by atoms with van der Waals surface area (Å²) in [6, 6.07) is -0.796. The van der Waals surface area contributed by atoms with Crippen molar-refractivity contribution in [3.05, 3.63) is 18.7 Å². The number of nitrogens with one attached hydrogen (secondary N) is 1. The third kappa shape index (κ3) is 3.53. The molecular formula is C13H19N3O3S. The topological polar surface area (TPSA) is 84.2 Å². The van der Waals surface area contributed by atoms with E-state index in [0.717, 1.165) is 12.8 Å². The largest absolute Gasteiger partial charge is 0.480 e. The molecule has 2 rings (SSSR count). The van der Waals surface area contributed by atoms with Gasteiger partial charge in [0.05, 0.1) is 11.7 Å². The molecule has 1 aromatic heterocycles. The highest BCUT2D eigenvalue weighted by atomic mass is 32.2. The first-order chi connectivity index (χ1) is 9.57. The zero-order valence-corrected chi connectivity index (χ0v) is 12.2. The van der Waals surface area contributed by atoms with Crippen LogP contribution >= 0.6 is 11.8 Å². The summed E-state index contributed by atoms with van der Waals surface area (Å²) >= 11 is 1.57. The molecule has 110 valence electrons. The minimum atomic E-state index is -0.967. The predicted molar refractivity (Wildman–Crippen MR) is 76.5 cm³/mol. The first-order valence-corrected chi connectivity index (χ1v) is 7.95. The number of aromatic nitrogens is 2. The van der Waals surface area contributed by atoms with Crippen LogP contribution in [0.15, 0.2) is 18.7 Å². The van der Waals surface area contributed by atoms with Crippen LogP contribution in [0.1, 0.15) is 19.3 Å². The lowest BCUT2D eigenvalue weighted by atomic mass is 10.1. The van der Waals surface area contributed by atoms with Gasteiger partial charge in [0, 0.05) is 18.9 Å². The molecule has 1 amide bonds. The zero-order valence-electron chi connectivity index (χ0n) is 11.4. The molecule has 1 aromatic rings. The molecule has 1 aliphatic rings. The number of hydrogen-bond donors (Lipinski definition) is 2. The maximum atomic E-state index is 12.3. The number of imidazole rings is 1. The highest BCUT2D eigenvalue weighted by molar-refractivity contribution is 7.98. The van der Waals surface area contributed by atoms with E-state index in [0.29, 0.717) is 18.7 Å².